The van der Waals surface area contributed by atoms with Crippen LogP contribution in [0.15, 0.2) is 11.6 Å². The van der Waals surface area contributed by atoms with Gasteiger partial charge in [0.25, 0.3) is 5.91 Å². The minimum atomic E-state index is -0.538. The molecule has 1 aliphatic carbocycles. The molecule has 1 saturated carbocycles. The zero-order chi connectivity index (χ0) is 15.5. The molecule has 9 heteroatoms. The Morgan fingerprint density at radius 1 is 1.36 bits per heavy atom. The topological polar surface area (TPSA) is 104 Å². The van der Waals surface area contributed by atoms with Crippen LogP contribution >= 0.6 is 22.7 Å². The smallest absolute Gasteiger partial charge is 0.271 e. The highest BCUT2D eigenvalue weighted by molar-refractivity contribution is 7.20. The van der Waals surface area contributed by atoms with E-state index in [1.54, 1.807) is 6.20 Å². The maximum absolute atomic E-state index is 12.3. The number of hydroxylamine groups is 1. The van der Waals surface area contributed by atoms with E-state index in [1.807, 2.05) is 5.38 Å². The number of carbonyl (C=O) groups excluding carboxylic acids is 2. The summed E-state index contributed by atoms with van der Waals surface area (Å²) < 4.78 is 0. The molecule has 0 aliphatic heterocycles. The summed E-state index contributed by atoms with van der Waals surface area (Å²) in [7, 11) is 0. The minimum absolute atomic E-state index is 0.0183. The number of hydrogen-bond acceptors (Lipinski definition) is 7. The van der Waals surface area contributed by atoms with Gasteiger partial charge in [0.05, 0.1) is 0 Å². The second kappa shape index (κ2) is 6.51. The summed E-state index contributed by atoms with van der Waals surface area (Å²) >= 11 is 3.01. The maximum atomic E-state index is 12.3. The number of aromatic nitrogens is 2. The average Bonchev–Trinajstić information content (AvgIpc) is 3.05. The summed E-state index contributed by atoms with van der Waals surface area (Å²) in [5.41, 5.74) is 1.96. The fraction of sp³-hybridized carbons (Fsp3) is 0.385. The summed E-state index contributed by atoms with van der Waals surface area (Å²) in [4.78, 5) is 32.9. The molecule has 3 N–H and O–H groups in total. The third-order valence-corrected chi connectivity index (χ3v) is 5.33. The van der Waals surface area contributed by atoms with Crippen molar-refractivity contribution in [3.63, 3.8) is 0 Å². The zero-order valence-electron chi connectivity index (χ0n) is 11.5. The van der Waals surface area contributed by atoms with Gasteiger partial charge in [-0.15, -0.1) is 22.7 Å². The first-order chi connectivity index (χ1) is 10.7. The summed E-state index contributed by atoms with van der Waals surface area (Å²) in [6.45, 7) is 0.152. The first-order valence-electron chi connectivity index (χ1n) is 6.80. The Hall–Kier alpha value is -1.84. The predicted octanol–water partition coefficient (Wildman–Crippen LogP) is 1.77. The van der Waals surface area contributed by atoms with E-state index >= 15 is 0 Å². The van der Waals surface area contributed by atoms with Crippen LogP contribution in [0.3, 0.4) is 0 Å². The molecular weight excluding hydrogens is 324 g/mol. The summed E-state index contributed by atoms with van der Waals surface area (Å²) in [6, 6.07) is 0. The SMILES string of the molecule is O=C(CCNC(=O)c1nc(-c2nccs2)sc1C1CC1)NO. The van der Waals surface area contributed by atoms with Crippen molar-refractivity contribution in [2.24, 2.45) is 0 Å². The fourth-order valence-electron chi connectivity index (χ4n) is 1.97. The molecule has 0 unspecified atom stereocenters. The second-order valence-electron chi connectivity index (χ2n) is 4.88. The van der Waals surface area contributed by atoms with Gasteiger partial charge in [0.2, 0.25) is 5.91 Å². The Morgan fingerprint density at radius 3 is 2.82 bits per heavy atom. The monoisotopic (exact) mass is 338 g/mol. The number of amides is 2. The molecule has 0 spiro atoms. The van der Waals surface area contributed by atoms with Crippen molar-refractivity contribution in [3.05, 3.63) is 22.1 Å². The van der Waals surface area contributed by atoms with Crippen molar-refractivity contribution >= 4 is 34.5 Å². The van der Waals surface area contributed by atoms with Gasteiger partial charge in [-0.2, -0.15) is 0 Å². The number of hydrogen-bond donors (Lipinski definition) is 3. The second-order valence-corrected chi connectivity index (χ2v) is 6.81. The molecular formula is C13H14N4O3S2. The molecule has 2 heterocycles. The Labute approximate surface area is 134 Å². The van der Waals surface area contributed by atoms with Crippen LogP contribution < -0.4 is 10.8 Å². The number of carbonyl (C=O) groups is 2. The molecule has 22 heavy (non-hydrogen) atoms. The molecule has 0 saturated heterocycles. The quantitative estimate of drug-likeness (QED) is 0.550. The van der Waals surface area contributed by atoms with E-state index in [4.69, 9.17) is 5.21 Å². The Balaban J connectivity index is 1.74. The van der Waals surface area contributed by atoms with Gasteiger partial charge in [-0.3, -0.25) is 14.8 Å². The molecule has 1 fully saturated rings. The Kier molecular flexibility index (Phi) is 4.46. The van der Waals surface area contributed by atoms with Crippen LogP contribution in [0, 0.1) is 0 Å². The average molecular weight is 338 g/mol. The van der Waals surface area contributed by atoms with Crippen LogP contribution in [0.4, 0.5) is 0 Å². The molecule has 1 aliphatic rings. The van der Waals surface area contributed by atoms with Crippen LogP contribution in [0.2, 0.25) is 0 Å². The number of nitrogens with one attached hydrogen (secondary N) is 2. The molecule has 2 aromatic heterocycles. The van der Waals surface area contributed by atoms with Crippen molar-refractivity contribution < 1.29 is 14.8 Å². The van der Waals surface area contributed by atoms with E-state index in [-0.39, 0.29) is 18.9 Å². The number of rotatable bonds is 6. The molecule has 2 aromatic rings. The van der Waals surface area contributed by atoms with Crippen molar-refractivity contribution in [2.75, 3.05) is 6.54 Å². The number of thiazole rings is 2. The van der Waals surface area contributed by atoms with E-state index in [1.165, 1.54) is 28.2 Å². The fourth-order valence-corrected chi connectivity index (χ4v) is 3.88. The van der Waals surface area contributed by atoms with Gasteiger partial charge in [-0.1, -0.05) is 0 Å². The van der Waals surface area contributed by atoms with Gasteiger partial charge < -0.3 is 5.32 Å². The van der Waals surface area contributed by atoms with Crippen LogP contribution in [0.25, 0.3) is 10.0 Å². The van der Waals surface area contributed by atoms with Gasteiger partial charge in [-0.25, -0.2) is 15.4 Å². The normalized spacial score (nSPS) is 13.9. The molecule has 0 atom stereocenters. The molecule has 2 amide bonds. The van der Waals surface area contributed by atoms with E-state index < -0.39 is 5.91 Å². The van der Waals surface area contributed by atoms with Crippen LogP contribution in [-0.2, 0) is 4.79 Å². The lowest BCUT2D eigenvalue weighted by atomic mass is 10.2. The number of nitrogens with zero attached hydrogens (tertiary/aromatic N) is 2. The van der Waals surface area contributed by atoms with Crippen LogP contribution in [0.5, 0.6) is 0 Å². The highest BCUT2D eigenvalue weighted by Crippen LogP contribution is 2.46. The predicted molar refractivity (Wildman–Crippen MR) is 82.1 cm³/mol. The molecule has 0 bridgehead atoms. The summed E-state index contributed by atoms with van der Waals surface area (Å²) in [6.07, 6.45) is 3.88. The molecule has 7 nitrogen and oxygen atoms in total. The highest BCUT2D eigenvalue weighted by Gasteiger charge is 2.32. The van der Waals surface area contributed by atoms with Crippen molar-refractivity contribution in [2.45, 2.75) is 25.2 Å². The third kappa shape index (κ3) is 3.32. The van der Waals surface area contributed by atoms with E-state index in [0.717, 1.165) is 27.7 Å². The maximum Gasteiger partial charge on any atom is 0.271 e. The first-order valence-corrected chi connectivity index (χ1v) is 8.50. The largest absolute Gasteiger partial charge is 0.350 e. The van der Waals surface area contributed by atoms with Crippen LogP contribution in [0.1, 0.15) is 40.5 Å². The van der Waals surface area contributed by atoms with E-state index in [0.29, 0.717) is 11.6 Å². The molecule has 0 radical (unpaired) electrons. The van der Waals surface area contributed by atoms with Gasteiger partial charge in [-0.05, 0) is 18.8 Å². The van der Waals surface area contributed by atoms with E-state index in [9.17, 15) is 9.59 Å². The highest BCUT2D eigenvalue weighted by atomic mass is 32.1. The third-order valence-electron chi connectivity index (χ3n) is 3.19. The van der Waals surface area contributed by atoms with Crippen molar-refractivity contribution in [1.82, 2.24) is 20.8 Å². The lowest BCUT2D eigenvalue weighted by Crippen LogP contribution is -2.30. The standard InChI is InChI=1S/C13H14N4O3S2/c18-8(17-20)3-4-14-11(19)9-10(7-1-2-7)22-13(16-9)12-15-5-6-21-12/h5-7,20H,1-4H2,(H,14,19)(H,17,18). The van der Waals surface area contributed by atoms with Gasteiger partial charge >= 0.3 is 0 Å². The summed E-state index contributed by atoms with van der Waals surface area (Å²) in [5.74, 6) is -0.413. The lowest BCUT2D eigenvalue weighted by Gasteiger charge is -2.03. The molecule has 3 rings (SSSR count). The summed E-state index contributed by atoms with van der Waals surface area (Å²) in [5, 5.41) is 14.5. The van der Waals surface area contributed by atoms with Crippen molar-refractivity contribution in [3.8, 4) is 10.0 Å². The van der Waals surface area contributed by atoms with Crippen LogP contribution in [-0.4, -0.2) is 33.5 Å². The first kappa shape index (κ1) is 15.1. The Bertz CT molecular complexity index is 680. The van der Waals surface area contributed by atoms with Crippen molar-refractivity contribution in [1.29, 1.82) is 0 Å². The van der Waals surface area contributed by atoms with Gasteiger partial charge in [0.1, 0.15) is 5.69 Å². The zero-order valence-corrected chi connectivity index (χ0v) is 13.2. The lowest BCUT2D eigenvalue weighted by molar-refractivity contribution is -0.129. The molecule has 116 valence electrons. The van der Waals surface area contributed by atoms with E-state index in [2.05, 4.69) is 15.3 Å². The molecule has 0 aromatic carbocycles. The Morgan fingerprint density at radius 2 is 2.18 bits per heavy atom. The van der Waals surface area contributed by atoms with Gasteiger partial charge in [0, 0.05) is 29.4 Å². The van der Waals surface area contributed by atoms with Gasteiger partial charge in [0.15, 0.2) is 10.0 Å². The minimum Gasteiger partial charge on any atom is -0.350 e.